The summed E-state index contributed by atoms with van der Waals surface area (Å²) in [6.07, 6.45) is 5.85. The number of carbonyl (C=O) groups is 1. The van der Waals surface area contributed by atoms with Gasteiger partial charge in [0.05, 0.1) is 30.5 Å². The van der Waals surface area contributed by atoms with Crippen LogP contribution in [-0.2, 0) is 14.9 Å². The third-order valence-corrected chi connectivity index (χ3v) is 7.41. The third kappa shape index (κ3) is 4.16. The number of piperazine rings is 1. The minimum absolute atomic E-state index is 0.269. The summed E-state index contributed by atoms with van der Waals surface area (Å²) in [7, 11) is 0. The Hall–Kier alpha value is -2.38. The second kappa shape index (κ2) is 9.24. The Bertz CT molecular complexity index is 934. The van der Waals surface area contributed by atoms with E-state index in [0.717, 1.165) is 82.1 Å². The second-order valence-electron chi connectivity index (χ2n) is 8.95. The standard InChI is InChI=1S/C24H30ClN5O2/c25-20-5-3-19(4-6-20)24(7-1-2-8-24)23(31)30-11-9-29(10-12-30)22-17-21(18-26-27-22)28-13-15-32-16-14-28/h3-6,17-18H,1-2,7-16H2. The Balaban J connectivity index is 1.27. The molecule has 1 aliphatic carbocycles. The van der Waals surface area contributed by atoms with Crippen LogP contribution in [0, 0.1) is 0 Å². The predicted molar refractivity (Wildman–Crippen MR) is 125 cm³/mol. The highest BCUT2D eigenvalue weighted by Crippen LogP contribution is 2.43. The molecule has 0 bridgehead atoms. The summed E-state index contributed by atoms with van der Waals surface area (Å²) in [6.45, 7) is 6.19. The van der Waals surface area contributed by atoms with E-state index in [0.29, 0.717) is 18.1 Å². The van der Waals surface area contributed by atoms with Gasteiger partial charge in [-0.15, -0.1) is 5.10 Å². The van der Waals surface area contributed by atoms with Gasteiger partial charge in [0, 0.05) is 50.4 Å². The second-order valence-corrected chi connectivity index (χ2v) is 9.38. The number of hydrogen-bond acceptors (Lipinski definition) is 6. The van der Waals surface area contributed by atoms with Crippen LogP contribution >= 0.6 is 11.6 Å². The topological polar surface area (TPSA) is 61.8 Å². The fourth-order valence-electron chi connectivity index (χ4n) is 5.31. The molecule has 170 valence electrons. The van der Waals surface area contributed by atoms with E-state index < -0.39 is 5.41 Å². The lowest BCUT2D eigenvalue weighted by atomic mass is 9.77. The van der Waals surface area contributed by atoms with E-state index in [4.69, 9.17) is 16.3 Å². The van der Waals surface area contributed by atoms with Gasteiger partial charge in [-0.3, -0.25) is 4.79 Å². The number of rotatable bonds is 4. The lowest BCUT2D eigenvalue weighted by Crippen LogP contribution is -2.54. The summed E-state index contributed by atoms with van der Waals surface area (Å²) in [6, 6.07) is 10.00. The Morgan fingerprint density at radius 2 is 1.62 bits per heavy atom. The highest BCUT2D eigenvalue weighted by molar-refractivity contribution is 6.30. The van der Waals surface area contributed by atoms with E-state index in [2.05, 4.69) is 31.0 Å². The van der Waals surface area contributed by atoms with Crippen LogP contribution in [0.1, 0.15) is 31.2 Å². The molecule has 2 saturated heterocycles. The molecule has 2 aromatic rings. The molecule has 3 fully saturated rings. The van der Waals surface area contributed by atoms with Crippen molar-refractivity contribution in [2.45, 2.75) is 31.1 Å². The molecule has 0 spiro atoms. The number of anilines is 2. The molecule has 1 aromatic heterocycles. The van der Waals surface area contributed by atoms with E-state index in [9.17, 15) is 4.79 Å². The zero-order chi connectivity index (χ0) is 22.0. The number of halogens is 1. The summed E-state index contributed by atoms with van der Waals surface area (Å²) in [5.74, 6) is 1.15. The molecule has 0 atom stereocenters. The van der Waals surface area contributed by atoms with Gasteiger partial charge in [-0.2, -0.15) is 5.10 Å². The largest absolute Gasteiger partial charge is 0.378 e. The molecular formula is C24H30ClN5O2. The third-order valence-electron chi connectivity index (χ3n) is 7.16. The van der Waals surface area contributed by atoms with Gasteiger partial charge in [-0.05, 0) is 30.5 Å². The van der Waals surface area contributed by atoms with Crippen molar-refractivity contribution in [3.05, 3.63) is 47.1 Å². The van der Waals surface area contributed by atoms with Gasteiger partial charge < -0.3 is 19.4 Å². The zero-order valence-corrected chi connectivity index (χ0v) is 19.1. The average Bonchev–Trinajstić information content (AvgIpc) is 3.36. The van der Waals surface area contributed by atoms with Gasteiger partial charge >= 0.3 is 0 Å². The van der Waals surface area contributed by atoms with Gasteiger partial charge in [0.25, 0.3) is 0 Å². The van der Waals surface area contributed by atoms with Crippen molar-refractivity contribution < 1.29 is 9.53 Å². The molecule has 32 heavy (non-hydrogen) atoms. The van der Waals surface area contributed by atoms with Crippen LogP contribution in [-0.4, -0.2) is 73.5 Å². The number of aromatic nitrogens is 2. The first-order valence-electron chi connectivity index (χ1n) is 11.6. The maximum absolute atomic E-state index is 13.7. The van der Waals surface area contributed by atoms with Gasteiger partial charge in [-0.1, -0.05) is 36.6 Å². The van der Waals surface area contributed by atoms with Crippen LogP contribution in [0.3, 0.4) is 0 Å². The summed E-state index contributed by atoms with van der Waals surface area (Å²) in [5, 5.41) is 9.33. The van der Waals surface area contributed by atoms with Crippen molar-refractivity contribution in [3.63, 3.8) is 0 Å². The molecule has 8 heteroatoms. The number of amides is 1. The van der Waals surface area contributed by atoms with Crippen LogP contribution in [0.5, 0.6) is 0 Å². The molecule has 0 N–H and O–H groups in total. The summed E-state index contributed by atoms with van der Waals surface area (Å²) in [5.41, 5.74) is 1.79. The number of carbonyl (C=O) groups excluding carboxylic acids is 1. The van der Waals surface area contributed by atoms with Gasteiger partial charge in [0.15, 0.2) is 5.82 Å². The number of benzene rings is 1. The molecule has 2 aliphatic heterocycles. The lowest BCUT2D eigenvalue weighted by molar-refractivity contribution is -0.137. The fraction of sp³-hybridized carbons (Fsp3) is 0.542. The smallest absolute Gasteiger partial charge is 0.233 e. The maximum Gasteiger partial charge on any atom is 0.233 e. The van der Waals surface area contributed by atoms with Gasteiger partial charge in [-0.25, -0.2) is 0 Å². The number of ether oxygens (including phenoxy) is 1. The van der Waals surface area contributed by atoms with E-state index >= 15 is 0 Å². The first-order valence-corrected chi connectivity index (χ1v) is 12.0. The average molecular weight is 456 g/mol. The van der Waals surface area contributed by atoms with Crippen molar-refractivity contribution in [1.29, 1.82) is 0 Å². The highest BCUT2D eigenvalue weighted by atomic mass is 35.5. The number of hydrogen-bond donors (Lipinski definition) is 0. The molecule has 1 amide bonds. The fourth-order valence-corrected chi connectivity index (χ4v) is 5.44. The molecule has 1 aromatic carbocycles. The SMILES string of the molecule is O=C(N1CCN(c2cc(N3CCOCC3)cnn2)CC1)C1(c2ccc(Cl)cc2)CCCC1. The minimum atomic E-state index is -0.400. The normalized spacial score (nSPS) is 21.1. The molecule has 0 unspecified atom stereocenters. The van der Waals surface area contributed by atoms with Crippen LogP contribution in [0.4, 0.5) is 11.5 Å². The van der Waals surface area contributed by atoms with Crippen molar-refractivity contribution in [1.82, 2.24) is 15.1 Å². The monoisotopic (exact) mass is 455 g/mol. The summed E-state index contributed by atoms with van der Waals surface area (Å²) < 4.78 is 5.46. The Morgan fingerprint density at radius 3 is 2.31 bits per heavy atom. The van der Waals surface area contributed by atoms with Crippen molar-refractivity contribution in [3.8, 4) is 0 Å². The van der Waals surface area contributed by atoms with E-state index in [-0.39, 0.29) is 5.91 Å². The van der Waals surface area contributed by atoms with Crippen molar-refractivity contribution in [2.75, 3.05) is 62.3 Å². The first-order chi connectivity index (χ1) is 15.7. The zero-order valence-electron chi connectivity index (χ0n) is 18.4. The van der Waals surface area contributed by atoms with Crippen LogP contribution in [0.25, 0.3) is 0 Å². The molecular weight excluding hydrogens is 426 g/mol. The summed E-state index contributed by atoms with van der Waals surface area (Å²) in [4.78, 5) is 20.3. The van der Waals surface area contributed by atoms with Crippen LogP contribution < -0.4 is 9.80 Å². The van der Waals surface area contributed by atoms with Crippen LogP contribution in [0.2, 0.25) is 5.02 Å². The number of morpholine rings is 1. The molecule has 5 rings (SSSR count). The first kappa shape index (κ1) is 21.5. The molecule has 3 heterocycles. The Morgan fingerprint density at radius 1 is 0.938 bits per heavy atom. The Labute approximate surface area is 194 Å². The lowest BCUT2D eigenvalue weighted by Gasteiger charge is -2.40. The molecule has 1 saturated carbocycles. The summed E-state index contributed by atoms with van der Waals surface area (Å²) >= 11 is 6.11. The van der Waals surface area contributed by atoms with Gasteiger partial charge in [0.2, 0.25) is 5.91 Å². The minimum Gasteiger partial charge on any atom is -0.378 e. The van der Waals surface area contributed by atoms with Crippen LogP contribution in [0.15, 0.2) is 36.5 Å². The molecule has 3 aliphatic rings. The quantitative estimate of drug-likeness (QED) is 0.705. The molecule has 7 nitrogen and oxygen atoms in total. The highest BCUT2D eigenvalue weighted by Gasteiger charge is 2.45. The van der Waals surface area contributed by atoms with Gasteiger partial charge in [0.1, 0.15) is 0 Å². The number of nitrogens with zero attached hydrogens (tertiary/aromatic N) is 5. The molecule has 0 radical (unpaired) electrons. The predicted octanol–water partition coefficient (Wildman–Crippen LogP) is 3.13. The van der Waals surface area contributed by atoms with E-state index in [1.54, 1.807) is 0 Å². The van der Waals surface area contributed by atoms with Crippen molar-refractivity contribution in [2.24, 2.45) is 0 Å². The van der Waals surface area contributed by atoms with Crippen molar-refractivity contribution >= 4 is 29.0 Å². The maximum atomic E-state index is 13.7. The Kier molecular flexibility index (Phi) is 6.20. The van der Waals surface area contributed by atoms with E-state index in [1.807, 2.05) is 30.5 Å². The van der Waals surface area contributed by atoms with E-state index in [1.165, 1.54) is 0 Å².